The smallest absolute Gasteiger partial charge is 0.423 e. The molecule has 0 saturated heterocycles. The van der Waals surface area contributed by atoms with E-state index in [4.69, 9.17) is 0 Å². The van der Waals surface area contributed by atoms with Crippen LogP contribution in [0.4, 0.5) is 0 Å². The molecule has 5 rings (SSSR count). The lowest BCUT2D eigenvalue weighted by Crippen LogP contribution is -2.29. The van der Waals surface area contributed by atoms with Crippen LogP contribution in [0.2, 0.25) is 0 Å². The molecule has 0 fully saturated rings. The number of benzene rings is 3. The molecule has 3 nitrogen and oxygen atoms in total. The van der Waals surface area contributed by atoms with Crippen LogP contribution in [0.1, 0.15) is 25.0 Å². The second-order valence-electron chi connectivity index (χ2n) is 7.42. The van der Waals surface area contributed by atoms with E-state index in [1.165, 1.54) is 22.3 Å². The molecule has 0 amide bonds. The molecule has 1 heterocycles. The fourth-order valence-corrected chi connectivity index (χ4v) is 4.27. The van der Waals surface area contributed by atoms with Crippen molar-refractivity contribution in [1.82, 2.24) is 4.98 Å². The number of hydrogen-bond donors (Lipinski definition) is 3. The van der Waals surface area contributed by atoms with Gasteiger partial charge in [0, 0.05) is 27.2 Å². The second-order valence-corrected chi connectivity index (χ2v) is 7.42. The Balaban J connectivity index is 1.87. The number of H-pyrrole nitrogens is 1. The number of aromatic amines is 1. The Labute approximate surface area is 146 Å². The predicted octanol–water partition coefficient (Wildman–Crippen LogP) is 3.31. The maximum atomic E-state index is 9.49. The quantitative estimate of drug-likeness (QED) is 0.470. The van der Waals surface area contributed by atoms with Gasteiger partial charge in [-0.15, -0.1) is 0 Å². The summed E-state index contributed by atoms with van der Waals surface area (Å²) >= 11 is 0. The van der Waals surface area contributed by atoms with Crippen LogP contribution in [0.15, 0.2) is 54.6 Å². The minimum absolute atomic E-state index is 0.0239. The van der Waals surface area contributed by atoms with E-state index >= 15 is 0 Å². The lowest BCUT2D eigenvalue weighted by molar-refractivity contribution is 0.426. The van der Waals surface area contributed by atoms with Gasteiger partial charge in [0.25, 0.3) is 0 Å². The maximum absolute atomic E-state index is 9.49. The fourth-order valence-electron chi connectivity index (χ4n) is 4.27. The summed E-state index contributed by atoms with van der Waals surface area (Å²) in [5.41, 5.74) is 7.82. The minimum Gasteiger partial charge on any atom is -0.423 e. The summed E-state index contributed by atoms with van der Waals surface area (Å²) in [6.07, 6.45) is 0. The van der Waals surface area contributed by atoms with E-state index in [1.807, 2.05) is 12.1 Å². The van der Waals surface area contributed by atoms with Gasteiger partial charge in [-0.3, -0.25) is 0 Å². The number of fused-ring (bicyclic) bond motifs is 6. The van der Waals surface area contributed by atoms with Crippen molar-refractivity contribution in [3.63, 3.8) is 0 Å². The molecule has 0 saturated carbocycles. The number of rotatable bonds is 1. The molecule has 0 aliphatic heterocycles. The highest BCUT2D eigenvalue weighted by Gasteiger charge is 2.35. The third-order valence-corrected chi connectivity index (χ3v) is 5.62. The van der Waals surface area contributed by atoms with Gasteiger partial charge >= 0.3 is 7.12 Å². The first kappa shape index (κ1) is 14.8. The zero-order chi connectivity index (χ0) is 17.3. The van der Waals surface area contributed by atoms with Crippen LogP contribution in [0.3, 0.4) is 0 Å². The predicted molar refractivity (Wildman–Crippen MR) is 103 cm³/mol. The molecule has 4 aromatic rings. The lowest BCUT2D eigenvalue weighted by Gasteiger charge is -2.21. The van der Waals surface area contributed by atoms with Gasteiger partial charge in [-0.05, 0) is 45.9 Å². The first-order chi connectivity index (χ1) is 12.0. The van der Waals surface area contributed by atoms with Gasteiger partial charge in [0.2, 0.25) is 0 Å². The monoisotopic (exact) mass is 327 g/mol. The Morgan fingerprint density at radius 3 is 2.36 bits per heavy atom. The van der Waals surface area contributed by atoms with Gasteiger partial charge in [0.1, 0.15) is 0 Å². The molecule has 0 unspecified atom stereocenters. The Hall–Kier alpha value is -2.56. The van der Waals surface area contributed by atoms with Gasteiger partial charge in [-0.2, -0.15) is 0 Å². The summed E-state index contributed by atoms with van der Waals surface area (Å²) in [6.45, 7) is 4.54. The van der Waals surface area contributed by atoms with E-state index in [0.29, 0.717) is 5.46 Å². The third kappa shape index (κ3) is 1.89. The molecule has 0 spiro atoms. The Morgan fingerprint density at radius 2 is 1.56 bits per heavy atom. The van der Waals surface area contributed by atoms with Crippen molar-refractivity contribution in [2.24, 2.45) is 0 Å². The molecule has 1 aliphatic rings. The van der Waals surface area contributed by atoms with Crippen molar-refractivity contribution < 1.29 is 10.0 Å². The van der Waals surface area contributed by atoms with E-state index in [0.717, 1.165) is 21.8 Å². The third-order valence-electron chi connectivity index (χ3n) is 5.62. The number of nitrogens with one attached hydrogen (secondary N) is 1. The van der Waals surface area contributed by atoms with E-state index in [1.54, 1.807) is 6.07 Å². The van der Waals surface area contributed by atoms with Crippen LogP contribution in [0.25, 0.3) is 32.9 Å². The van der Waals surface area contributed by atoms with Crippen molar-refractivity contribution in [1.29, 1.82) is 0 Å². The standard InChI is InChI=1S/C21H18BNO2/c1-21(2)17-6-4-3-5-13(17)14-10-16-15-9-12(22(24)25)7-8-19(15)23-20(16)11-18(14)21/h3-11,23-25H,1-2H3. The average Bonchev–Trinajstić information content (AvgIpc) is 3.07. The molecule has 25 heavy (non-hydrogen) atoms. The molecular weight excluding hydrogens is 309 g/mol. The summed E-state index contributed by atoms with van der Waals surface area (Å²) in [5, 5.41) is 21.1. The van der Waals surface area contributed by atoms with Crippen molar-refractivity contribution in [2.75, 3.05) is 0 Å². The van der Waals surface area contributed by atoms with Crippen molar-refractivity contribution in [3.05, 3.63) is 65.7 Å². The molecule has 0 bridgehead atoms. The van der Waals surface area contributed by atoms with Crippen molar-refractivity contribution in [2.45, 2.75) is 19.3 Å². The lowest BCUT2D eigenvalue weighted by atomic mass is 9.79. The van der Waals surface area contributed by atoms with Crippen LogP contribution in [-0.4, -0.2) is 22.2 Å². The molecule has 1 aromatic heterocycles. The van der Waals surface area contributed by atoms with Crippen molar-refractivity contribution in [3.8, 4) is 11.1 Å². The summed E-state index contributed by atoms with van der Waals surface area (Å²) < 4.78 is 0. The second kappa shape index (κ2) is 4.75. The fraction of sp³-hybridized carbons (Fsp3) is 0.143. The minimum atomic E-state index is -1.46. The number of hydrogen-bond acceptors (Lipinski definition) is 2. The first-order valence-corrected chi connectivity index (χ1v) is 8.53. The van der Waals surface area contributed by atoms with Crippen LogP contribution in [-0.2, 0) is 5.41 Å². The Morgan fingerprint density at radius 1 is 0.800 bits per heavy atom. The number of aromatic nitrogens is 1. The topological polar surface area (TPSA) is 56.2 Å². The van der Waals surface area contributed by atoms with Gasteiger partial charge in [-0.25, -0.2) is 0 Å². The average molecular weight is 327 g/mol. The Bertz CT molecular complexity index is 1160. The molecule has 4 heteroatoms. The SMILES string of the molecule is CC1(C)c2ccccc2-c2cc3c(cc21)[nH]c1ccc(B(O)O)cc13. The highest BCUT2D eigenvalue weighted by atomic mass is 16.4. The molecule has 0 radical (unpaired) electrons. The van der Waals surface area contributed by atoms with Crippen molar-refractivity contribution >= 4 is 34.4 Å². The first-order valence-electron chi connectivity index (χ1n) is 8.53. The van der Waals surface area contributed by atoms with Crippen LogP contribution in [0, 0.1) is 0 Å². The van der Waals surface area contributed by atoms with Crippen LogP contribution in [0.5, 0.6) is 0 Å². The van der Waals surface area contributed by atoms with Gasteiger partial charge in [0.05, 0.1) is 0 Å². The zero-order valence-electron chi connectivity index (χ0n) is 14.2. The van der Waals surface area contributed by atoms with Crippen LogP contribution >= 0.6 is 0 Å². The molecule has 3 aromatic carbocycles. The van der Waals surface area contributed by atoms with Gasteiger partial charge < -0.3 is 15.0 Å². The molecule has 122 valence electrons. The normalized spacial score (nSPS) is 14.7. The molecule has 3 N–H and O–H groups in total. The highest BCUT2D eigenvalue weighted by molar-refractivity contribution is 6.59. The van der Waals surface area contributed by atoms with E-state index in [2.05, 4.69) is 55.2 Å². The van der Waals surface area contributed by atoms with E-state index in [-0.39, 0.29) is 5.41 Å². The van der Waals surface area contributed by atoms with Gasteiger partial charge in [0.15, 0.2) is 0 Å². The van der Waals surface area contributed by atoms with E-state index < -0.39 is 7.12 Å². The zero-order valence-corrected chi connectivity index (χ0v) is 14.2. The molecule has 1 aliphatic carbocycles. The Kier molecular flexibility index (Phi) is 2.80. The summed E-state index contributed by atoms with van der Waals surface area (Å²) in [4.78, 5) is 3.48. The largest absolute Gasteiger partial charge is 0.488 e. The van der Waals surface area contributed by atoms with Gasteiger partial charge in [-0.1, -0.05) is 50.2 Å². The summed E-state index contributed by atoms with van der Waals surface area (Å²) in [5.74, 6) is 0. The highest BCUT2D eigenvalue weighted by Crippen LogP contribution is 2.50. The molecular formula is C21H18BNO2. The summed E-state index contributed by atoms with van der Waals surface area (Å²) in [6, 6.07) is 18.6. The maximum Gasteiger partial charge on any atom is 0.488 e. The van der Waals surface area contributed by atoms with E-state index in [9.17, 15) is 10.0 Å². The summed E-state index contributed by atoms with van der Waals surface area (Å²) in [7, 11) is -1.46. The van der Waals surface area contributed by atoms with Crippen LogP contribution < -0.4 is 5.46 Å². The molecule has 0 atom stereocenters.